The summed E-state index contributed by atoms with van der Waals surface area (Å²) in [6.07, 6.45) is 0. The third-order valence-electron chi connectivity index (χ3n) is 2.68. The first-order valence-corrected chi connectivity index (χ1v) is 8.67. The zero-order valence-electron chi connectivity index (χ0n) is 10.5. The number of sulfonamides is 1. The maximum absolute atomic E-state index is 12.4. The molecule has 0 spiro atoms. The Morgan fingerprint density at radius 1 is 1.29 bits per heavy atom. The summed E-state index contributed by atoms with van der Waals surface area (Å²) in [5.41, 5.74) is 0.527. The number of aromatic nitrogens is 1. The Hall–Kier alpha value is -1.22. The van der Waals surface area contributed by atoms with Crippen molar-refractivity contribution in [3.05, 3.63) is 27.3 Å². The number of hydrogen-bond donors (Lipinski definition) is 1. The van der Waals surface area contributed by atoms with E-state index in [4.69, 9.17) is 32.7 Å². The lowest BCUT2D eigenvalue weighted by atomic mass is 10.3. The molecule has 1 aromatic heterocycles. The molecule has 0 aliphatic carbocycles. The quantitative estimate of drug-likeness (QED) is 0.901. The van der Waals surface area contributed by atoms with Gasteiger partial charge in [0, 0.05) is 12.1 Å². The van der Waals surface area contributed by atoms with Gasteiger partial charge >= 0.3 is 0 Å². The summed E-state index contributed by atoms with van der Waals surface area (Å²) in [4.78, 5) is 3.89. The highest BCUT2D eigenvalue weighted by atomic mass is 35.5. The lowest BCUT2D eigenvalue weighted by Crippen LogP contribution is -2.13. The van der Waals surface area contributed by atoms with Crippen LogP contribution < -0.4 is 14.2 Å². The van der Waals surface area contributed by atoms with E-state index in [0.717, 1.165) is 11.3 Å². The van der Waals surface area contributed by atoms with E-state index in [1.807, 2.05) is 0 Å². The number of fused-ring (bicyclic) bond motifs is 1. The maximum atomic E-state index is 12.4. The first-order chi connectivity index (χ1) is 9.87. The molecule has 0 saturated carbocycles. The van der Waals surface area contributed by atoms with Gasteiger partial charge in [-0.15, -0.1) is 0 Å². The van der Waals surface area contributed by atoms with Gasteiger partial charge in [-0.3, -0.25) is 4.72 Å². The standard InChI is InChI=1S/C11H8Cl2N2O4S2/c1-5-10(20-11(13)14-5)21(16,17)15-7-3-9-8(2-6(7)12)18-4-19-9/h2-3,15H,4H2,1H3. The van der Waals surface area contributed by atoms with Crippen LogP contribution in [0.2, 0.25) is 9.49 Å². The summed E-state index contributed by atoms with van der Waals surface area (Å²) in [5.74, 6) is 0.899. The Labute approximate surface area is 134 Å². The van der Waals surface area contributed by atoms with Gasteiger partial charge in [-0.1, -0.05) is 34.5 Å². The molecular weight excluding hydrogens is 359 g/mol. The molecule has 112 valence electrons. The lowest BCUT2D eigenvalue weighted by Gasteiger charge is -2.09. The van der Waals surface area contributed by atoms with Crippen molar-refractivity contribution in [1.82, 2.24) is 4.98 Å². The van der Waals surface area contributed by atoms with Crippen LogP contribution in [-0.2, 0) is 10.0 Å². The molecular formula is C11H8Cl2N2O4S2. The number of benzene rings is 1. The van der Waals surface area contributed by atoms with Crippen LogP contribution in [0.1, 0.15) is 5.69 Å². The number of nitrogens with zero attached hydrogens (tertiary/aromatic N) is 1. The van der Waals surface area contributed by atoms with Crippen molar-refractivity contribution in [2.24, 2.45) is 0 Å². The second kappa shape index (κ2) is 5.20. The molecule has 0 amide bonds. The summed E-state index contributed by atoms with van der Waals surface area (Å²) < 4.78 is 37.7. The van der Waals surface area contributed by atoms with Crippen molar-refractivity contribution in [2.45, 2.75) is 11.1 Å². The average molecular weight is 367 g/mol. The smallest absolute Gasteiger partial charge is 0.273 e. The number of anilines is 1. The fourth-order valence-corrected chi connectivity index (χ4v) is 4.85. The minimum Gasteiger partial charge on any atom is -0.454 e. The zero-order chi connectivity index (χ0) is 15.2. The molecule has 1 aliphatic heterocycles. The third kappa shape index (κ3) is 2.76. The van der Waals surface area contributed by atoms with Crippen LogP contribution >= 0.6 is 34.5 Å². The molecule has 1 N–H and O–H groups in total. The number of rotatable bonds is 3. The summed E-state index contributed by atoms with van der Waals surface area (Å²) in [6, 6.07) is 2.97. The summed E-state index contributed by atoms with van der Waals surface area (Å²) in [5, 5.41) is 0.205. The highest BCUT2D eigenvalue weighted by molar-refractivity contribution is 7.94. The fraction of sp³-hybridized carbons (Fsp3) is 0.182. The predicted octanol–water partition coefficient (Wildman–Crippen LogP) is 3.29. The molecule has 0 unspecified atom stereocenters. The number of halogens is 2. The molecule has 1 aliphatic rings. The van der Waals surface area contributed by atoms with Gasteiger partial charge < -0.3 is 9.47 Å². The monoisotopic (exact) mass is 366 g/mol. The van der Waals surface area contributed by atoms with Crippen LogP contribution in [0.5, 0.6) is 11.5 Å². The summed E-state index contributed by atoms with van der Waals surface area (Å²) in [6.45, 7) is 1.64. The van der Waals surface area contributed by atoms with Gasteiger partial charge in [0.15, 0.2) is 20.2 Å². The lowest BCUT2D eigenvalue weighted by molar-refractivity contribution is 0.174. The number of hydrogen-bond acceptors (Lipinski definition) is 6. The Morgan fingerprint density at radius 3 is 2.57 bits per heavy atom. The molecule has 0 atom stereocenters. The van der Waals surface area contributed by atoms with Gasteiger partial charge in [0.2, 0.25) is 6.79 Å². The Morgan fingerprint density at radius 2 is 1.95 bits per heavy atom. The number of thiazole rings is 1. The minimum atomic E-state index is -3.82. The molecule has 0 fully saturated rings. The summed E-state index contributed by atoms with van der Waals surface area (Å²) >= 11 is 12.7. The van der Waals surface area contributed by atoms with E-state index in [0.29, 0.717) is 17.2 Å². The van der Waals surface area contributed by atoms with Crippen LogP contribution in [0.15, 0.2) is 16.3 Å². The van der Waals surface area contributed by atoms with Crippen molar-refractivity contribution in [1.29, 1.82) is 0 Å². The van der Waals surface area contributed by atoms with Crippen molar-refractivity contribution >= 4 is 50.2 Å². The Balaban J connectivity index is 1.98. The van der Waals surface area contributed by atoms with Crippen LogP contribution in [0.3, 0.4) is 0 Å². The fourth-order valence-electron chi connectivity index (χ4n) is 1.79. The highest BCUT2D eigenvalue weighted by Gasteiger charge is 2.24. The van der Waals surface area contributed by atoms with Crippen molar-refractivity contribution < 1.29 is 17.9 Å². The SMILES string of the molecule is Cc1nc(Cl)sc1S(=O)(=O)Nc1cc2c(cc1Cl)OCO2. The van der Waals surface area contributed by atoms with E-state index >= 15 is 0 Å². The van der Waals surface area contributed by atoms with Gasteiger partial charge in [0.1, 0.15) is 0 Å². The van der Waals surface area contributed by atoms with E-state index < -0.39 is 10.0 Å². The number of aryl methyl sites for hydroxylation is 1. The zero-order valence-corrected chi connectivity index (χ0v) is 13.7. The van der Waals surface area contributed by atoms with Crippen molar-refractivity contribution in [3.63, 3.8) is 0 Å². The Kier molecular flexibility index (Phi) is 3.64. The molecule has 2 aromatic rings. The van der Waals surface area contributed by atoms with Crippen molar-refractivity contribution in [3.8, 4) is 11.5 Å². The van der Waals surface area contributed by atoms with Gasteiger partial charge in [-0.05, 0) is 6.92 Å². The second-order valence-corrected chi connectivity index (χ2v) is 8.00. The number of ether oxygens (including phenoxy) is 2. The first kappa shape index (κ1) is 14.7. The third-order valence-corrected chi connectivity index (χ3v) is 6.23. The number of nitrogens with one attached hydrogen (secondary N) is 1. The van der Waals surface area contributed by atoms with Gasteiger partial charge in [0.25, 0.3) is 10.0 Å². The van der Waals surface area contributed by atoms with Crippen LogP contribution in [-0.4, -0.2) is 20.2 Å². The van der Waals surface area contributed by atoms with Gasteiger partial charge in [-0.25, -0.2) is 13.4 Å². The molecule has 2 heterocycles. The molecule has 0 radical (unpaired) electrons. The van der Waals surface area contributed by atoms with Gasteiger partial charge in [-0.2, -0.15) is 0 Å². The maximum Gasteiger partial charge on any atom is 0.273 e. The molecule has 1 aromatic carbocycles. The Bertz CT molecular complexity index is 820. The first-order valence-electron chi connectivity index (χ1n) is 5.62. The highest BCUT2D eigenvalue weighted by Crippen LogP contribution is 2.40. The minimum absolute atomic E-state index is 0.0428. The van der Waals surface area contributed by atoms with Crippen LogP contribution in [0.4, 0.5) is 5.69 Å². The normalized spacial score (nSPS) is 13.5. The van der Waals surface area contributed by atoms with E-state index in [9.17, 15) is 8.42 Å². The largest absolute Gasteiger partial charge is 0.454 e. The molecule has 6 nitrogen and oxygen atoms in total. The molecule has 0 bridgehead atoms. The van der Waals surface area contributed by atoms with Crippen LogP contribution in [0, 0.1) is 6.92 Å². The van der Waals surface area contributed by atoms with E-state index in [-0.39, 0.29) is 26.2 Å². The van der Waals surface area contributed by atoms with Crippen LogP contribution in [0.25, 0.3) is 0 Å². The molecule has 0 saturated heterocycles. The predicted molar refractivity (Wildman–Crippen MR) is 80.2 cm³/mol. The topological polar surface area (TPSA) is 77.5 Å². The van der Waals surface area contributed by atoms with Gasteiger partial charge in [0.05, 0.1) is 16.4 Å². The summed E-state index contributed by atoms with van der Waals surface area (Å²) in [7, 11) is -3.82. The average Bonchev–Trinajstić information content (AvgIpc) is 2.95. The molecule has 10 heteroatoms. The molecule has 3 rings (SSSR count). The van der Waals surface area contributed by atoms with E-state index in [2.05, 4.69) is 9.71 Å². The van der Waals surface area contributed by atoms with E-state index in [1.165, 1.54) is 12.1 Å². The second-order valence-electron chi connectivity index (χ2n) is 4.13. The van der Waals surface area contributed by atoms with E-state index in [1.54, 1.807) is 6.92 Å². The molecule has 21 heavy (non-hydrogen) atoms. The van der Waals surface area contributed by atoms with Crippen molar-refractivity contribution in [2.75, 3.05) is 11.5 Å².